The van der Waals surface area contributed by atoms with Crippen molar-refractivity contribution in [2.24, 2.45) is 0 Å². The second-order valence-electron chi connectivity index (χ2n) is 5.49. The molecule has 0 aliphatic carbocycles. The van der Waals surface area contributed by atoms with Gasteiger partial charge in [-0.05, 0) is 25.1 Å². The highest BCUT2D eigenvalue weighted by Crippen LogP contribution is 2.23. The summed E-state index contributed by atoms with van der Waals surface area (Å²) < 4.78 is 6.87. The van der Waals surface area contributed by atoms with Crippen molar-refractivity contribution < 1.29 is 14.1 Å². The van der Waals surface area contributed by atoms with E-state index < -0.39 is 0 Å². The second kappa shape index (κ2) is 4.98. The van der Waals surface area contributed by atoms with Gasteiger partial charge in [-0.1, -0.05) is 11.2 Å². The third-order valence-electron chi connectivity index (χ3n) is 3.89. The van der Waals surface area contributed by atoms with Gasteiger partial charge >= 0.3 is 0 Å². The predicted molar refractivity (Wildman–Crippen MR) is 83.5 cm³/mol. The Labute approximate surface area is 131 Å². The highest BCUT2D eigenvalue weighted by atomic mass is 16.5. The van der Waals surface area contributed by atoms with Crippen LogP contribution in [0.25, 0.3) is 10.9 Å². The number of carbonyl (C=O) groups is 2. The summed E-state index contributed by atoms with van der Waals surface area (Å²) in [5.74, 6) is 0.652. The fourth-order valence-electron chi connectivity index (χ4n) is 2.81. The number of rotatable bonds is 2. The Bertz CT molecular complexity index is 938. The third kappa shape index (κ3) is 2.26. The quantitative estimate of drug-likeness (QED) is 0.757. The molecular formula is C16H14N4O3. The number of aryl methyl sites for hydroxylation is 1. The molecule has 1 aliphatic heterocycles. The van der Waals surface area contributed by atoms with Crippen molar-refractivity contribution in [3.63, 3.8) is 0 Å². The van der Waals surface area contributed by atoms with Crippen LogP contribution in [-0.2, 0) is 6.54 Å². The number of nitrogens with one attached hydrogen (secondary N) is 2. The molecule has 2 N–H and O–H groups in total. The fraction of sp³-hybridized carbons (Fsp3) is 0.188. The van der Waals surface area contributed by atoms with Crippen molar-refractivity contribution in [1.82, 2.24) is 15.0 Å². The number of nitrogens with zero attached hydrogens (tertiary/aromatic N) is 2. The van der Waals surface area contributed by atoms with Gasteiger partial charge in [0.2, 0.25) is 0 Å². The first-order valence-electron chi connectivity index (χ1n) is 7.28. The number of carbonyl (C=O) groups excluding carboxylic acids is 2. The summed E-state index contributed by atoms with van der Waals surface area (Å²) in [7, 11) is 0. The lowest BCUT2D eigenvalue weighted by Crippen LogP contribution is -2.34. The van der Waals surface area contributed by atoms with Gasteiger partial charge in [0.15, 0.2) is 5.82 Å². The van der Waals surface area contributed by atoms with Crippen LogP contribution >= 0.6 is 0 Å². The zero-order valence-electron chi connectivity index (χ0n) is 12.4. The standard InChI is InChI=1S/C16H14N4O3/c1-9-6-14(19-23-9)18-15(21)11-3-2-10-7-13-16(22)17-4-5-20(13)12(10)8-11/h2-3,6-8H,4-5H2,1H3,(H,17,22)(H,18,19,21). The molecule has 3 aromatic rings. The highest BCUT2D eigenvalue weighted by Gasteiger charge is 2.20. The van der Waals surface area contributed by atoms with E-state index in [4.69, 9.17) is 4.52 Å². The summed E-state index contributed by atoms with van der Waals surface area (Å²) >= 11 is 0. The molecule has 0 radical (unpaired) electrons. The zero-order chi connectivity index (χ0) is 16.0. The third-order valence-corrected chi connectivity index (χ3v) is 3.89. The molecule has 0 unspecified atom stereocenters. The molecule has 23 heavy (non-hydrogen) atoms. The average molecular weight is 310 g/mol. The molecule has 7 heteroatoms. The van der Waals surface area contributed by atoms with Gasteiger partial charge in [0.1, 0.15) is 11.5 Å². The molecule has 1 aliphatic rings. The maximum absolute atomic E-state index is 12.3. The Morgan fingerprint density at radius 1 is 1.35 bits per heavy atom. The molecule has 0 saturated heterocycles. The maximum Gasteiger partial charge on any atom is 0.268 e. The van der Waals surface area contributed by atoms with E-state index in [0.717, 1.165) is 10.9 Å². The molecular weight excluding hydrogens is 296 g/mol. The lowest BCUT2D eigenvalue weighted by Gasteiger charge is -2.16. The minimum Gasteiger partial charge on any atom is -0.360 e. The molecule has 2 aromatic heterocycles. The number of hydrogen-bond acceptors (Lipinski definition) is 4. The van der Waals surface area contributed by atoms with Gasteiger partial charge in [-0.2, -0.15) is 0 Å². The predicted octanol–water partition coefficient (Wildman–Crippen LogP) is 1.93. The Balaban J connectivity index is 1.71. The molecule has 2 amide bonds. The molecule has 0 saturated carbocycles. The molecule has 0 atom stereocenters. The second-order valence-corrected chi connectivity index (χ2v) is 5.49. The highest BCUT2D eigenvalue weighted by molar-refractivity contribution is 6.07. The van der Waals surface area contributed by atoms with Crippen molar-refractivity contribution in [1.29, 1.82) is 0 Å². The minimum absolute atomic E-state index is 0.0866. The van der Waals surface area contributed by atoms with Crippen molar-refractivity contribution >= 4 is 28.5 Å². The number of aromatic nitrogens is 2. The maximum atomic E-state index is 12.3. The number of benzene rings is 1. The average Bonchev–Trinajstić information content (AvgIpc) is 3.11. The van der Waals surface area contributed by atoms with E-state index in [-0.39, 0.29) is 11.8 Å². The SMILES string of the molecule is Cc1cc(NC(=O)c2ccc3cc4n(c3c2)CCNC4=O)no1. The first-order chi connectivity index (χ1) is 11.1. The van der Waals surface area contributed by atoms with Crippen LogP contribution in [0.1, 0.15) is 26.6 Å². The van der Waals surface area contributed by atoms with Crippen LogP contribution in [-0.4, -0.2) is 28.1 Å². The summed E-state index contributed by atoms with van der Waals surface area (Å²) in [5, 5.41) is 10.2. The Morgan fingerprint density at radius 3 is 3.00 bits per heavy atom. The van der Waals surface area contributed by atoms with Crippen LogP contribution in [0.2, 0.25) is 0 Å². The number of anilines is 1. The first kappa shape index (κ1) is 13.6. The molecule has 4 rings (SSSR count). The molecule has 3 heterocycles. The molecule has 1 aromatic carbocycles. The van der Waals surface area contributed by atoms with Gasteiger partial charge in [0, 0.05) is 35.6 Å². The van der Waals surface area contributed by atoms with Crippen LogP contribution in [0.15, 0.2) is 34.9 Å². The number of amides is 2. The van der Waals surface area contributed by atoms with Crippen LogP contribution in [0.5, 0.6) is 0 Å². The zero-order valence-corrected chi connectivity index (χ0v) is 12.4. The van der Waals surface area contributed by atoms with Gasteiger partial charge in [0.25, 0.3) is 11.8 Å². The van der Waals surface area contributed by atoms with E-state index in [2.05, 4.69) is 15.8 Å². The summed E-state index contributed by atoms with van der Waals surface area (Å²) in [6.07, 6.45) is 0. The summed E-state index contributed by atoms with van der Waals surface area (Å²) in [5.41, 5.74) is 2.00. The van der Waals surface area contributed by atoms with E-state index in [1.165, 1.54) is 0 Å². The minimum atomic E-state index is -0.268. The van der Waals surface area contributed by atoms with E-state index in [1.54, 1.807) is 25.1 Å². The van der Waals surface area contributed by atoms with Gasteiger partial charge in [-0.15, -0.1) is 0 Å². The van der Waals surface area contributed by atoms with Gasteiger partial charge in [-0.3, -0.25) is 9.59 Å². The van der Waals surface area contributed by atoms with Gasteiger partial charge in [-0.25, -0.2) is 0 Å². The summed E-state index contributed by atoms with van der Waals surface area (Å²) in [6, 6.07) is 8.86. The number of fused-ring (bicyclic) bond motifs is 3. The molecule has 0 bridgehead atoms. The summed E-state index contributed by atoms with van der Waals surface area (Å²) in [6.45, 7) is 3.04. The fourth-order valence-corrected chi connectivity index (χ4v) is 2.81. The van der Waals surface area contributed by atoms with Crippen molar-refractivity contribution in [3.8, 4) is 0 Å². The monoisotopic (exact) mass is 310 g/mol. The van der Waals surface area contributed by atoms with E-state index in [0.29, 0.717) is 35.9 Å². The van der Waals surface area contributed by atoms with Crippen molar-refractivity contribution in [3.05, 3.63) is 47.3 Å². The van der Waals surface area contributed by atoms with E-state index in [1.807, 2.05) is 16.7 Å². The first-order valence-corrected chi connectivity index (χ1v) is 7.28. The molecule has 0 spiro atoms. The topological polar surface area (TPSA) is 89.2 Å². The van der Waals surface area contributed by atoms with Crippen LogP contribution in [0.3, 0.4) is 0 Å². The van der Waals surface area contributed by atoms with Gasteiger partial charge in [0.05, 0.1) is 0 Å². The Kier molecular flexibility index (Phi) is 2.94. The van der Waals surface area contributed by atoms with Crippen molar-refractivity contribution in [2.45, 2.75) is 13.5 Å². The molecule has 0 fully saturated rings. The molecule has 116 valence electrons. The van der Waals surface area contributed by atoms with Crippen molar-refractivity contribution in [2.75, 3.05) is 11.9 Å². The van der Waals surface area contributed by atoms with Crippen LogP contribution < -0.4 is 10.6 Å². The van der Waals surface area contributed by atoms with Crippen LogP contribution in [0.4, 0.5) is 5.82 Å². The Morgan fingerprint density at radius 2 is 2.22 bits per heavy atom. The Hall–Kier alpha value is -3.09. The van der Waals surface area contributed by atoms with Gasteiger partial charge < -0.3 is 19.7 Å². The summed E-state index contributed by atoms with van der Waals surface area (Å²) in [4.78, 5) is 24.2. The molecule has 7 nitrogen and oxygen atoms in total. The lowest BCUT2D eigenvalue weighted by atomic mass is 10.1. The van der Waals surface area contributed by atoms with E-state index in [9.17, 15) is 9.59 Å². The normalized spacial score (nSPS) is 13.7. The smallest absolute Gasteiger partial charge is 0.268 e. The van der Waals surface area contributed by atoms with E-state index >= 15 is 0 Å². The number of hydrogen-bond donors (Lipinski definition) is 2. The van der Waals surface area contributed by atoms with Crippen LogP contribution in [0, 0.1) is 6.92 Å². The lowest BCUT2D eigenvalue weighted by molar-refractivity contribution is 0.0928. The largest absolute Gasteiger partial charge is 0.360 e.